The number of hydrogen-bond acceptors (Lipinski definition) is 5. The summed E-state index contributed by atoms with van der Waals surface area (Å²) in [5.74, 6) is 1.04. The molecule has 1 fully saturated rings. The fraction of sp³-hybridized carbons (Fsp3) is 0.531. The quantitative estimate of drug-likeness (QED) is 0.283. The Balaban J connectivity index is 1.66. The van der Waals surface area contributed by atoms with Crippen LogP contribution in [0.25, 0.3) is 0 Å². The van der Waals surface area contributed by atoms with E-state index in [1.54, 1.807) is 12.1 Å². The number of carbonyl (C=O) groups is 1. The van der Waals surface area contributed by atoms with Gasteiger partial charge in [-0.1, -0.05) is 44.5 Å². The van der Waals surface area contributed by atoms with Crippen LogP contribution in [0.5, 0.6) is 5.75 Å². The standard InChI is InChI=1S/C32H42ClNO4/c1-5-8-30(35)32(4)15-14-26(32)19-34-16-7-6-9-23-17-27(33)12-10-25(23)21-37-29-13-11-24(18-28(29)34)31(36)38-20-22(2)3/h5,10-13,17-18,22,26,30,35H,1,6-9,14-16,19-21H2,2-4H3/t26-,30-,32+/m0/s1. The van der Waals surface area contributed by atoms with Crippen molar-refractivity contribution in [1.82, 2.24) is 0 Å². The van der Waals surface area contributed by atoms with E-state index >= 15 is 0 Å². The molecule has 2 aromatic carbocycles. The smallest absolute Gasteiger partial charge is 0.338 e. The molecular weight excluding hydrogens is 498 g/mol. The minimum absolute atomic E-state index is 0.151. The second kappa shape index (κ2) is 12.6. The van der Waals surface area contributed by atoms with Crippen molar-refractivity contribution in [3.63, 3.8) is 0 Å². The van der Waals surface area contributed by atoms with Gasteiger partial charge in [-0.05, 0) is 97.2 Å². The van der Waals surface area contributed by atoms with Gasteiger partial charge in [0.25, 0.3) is 0 Å². The van der Waals surface area contributed by atoms with Gasteiger partial charge in [-0.25, -0.2) is 4.79 Å². The van der Waals surface area contributed by atoms with Crippen LogP contribution in [0.1, 0.15) is 74.4 Å². The lowest BCUT2D eigenvalue weighted by atomic mass is 9.57. The molecule has 206 valence electrons. The van der Waals surface area contributed by atoms with Crippen LogP contribution in [0.15, 0.2) is 49.1 Å². The maximum atomic E-state index is 12.9. The molecule has 0 radical (unpaired) electrons. The van der Waals surface area contributed by atoms with Crippen molar-refractivity contribution >= 4 is 23.3 Å². The first-order valence-electron chi connectivity index (χ1n) is 14.0. The summed E-state index contributed by atoms with van der Waals surface area (Å²) in [6.07, 6.45) is 7.02. The predicted molar refractivity (Wildman–Crippen MR) is 154 cm³/mol. The summed E-state index contributed by atoms with van der Waals surface area (Å²) >= 11 is 6.31. The second-order valence-corrected chi connectivity index (χ2v) is 12.0. The van der Waals surface area contributed by atoms with Crippen LogP contribution in [0.2, 0.25) is 5.02 Å². The summed E-state index contributed by atoms with van der Waals surface area (Å²) < 4.78 is 12.0. The van der Waals surface area contributed by atoms with Gasteiger partial charge in [-0.2, -0.15) is 0 Å². The predicted octanol–water partition coefficient (Wildman–Crippen LogP) is 7.23. The molecule has 1 aliphatic carbocycles. The molecule has 6 heteroatoms. The fourth-order valence-electron chi connectivity index (χ4n) is 5.63. The van der Waals surface area contributed by atoms with Crippen molar-refractivity contribution in [2.75, 3.05) is 24.6 Å². The second-order valence-electron chi connectivity index (χ2n) is 11.6. The highest BCUT2D eigenvalue weighted by Gasteiger charge is 2.48. The zero-order valence-electron chi connectivity index (χ0n) is 23.0. The summed E-state index contributed by atoms with van der Waals surface area (Å²) in [5.41, 5.74) is 3.65. The number of hydrogen-bond donors (Lipinski definition) is 1. The normalized spacial score (nSPS) is 22.3. The number of benzene rings is 2. The van der Waals surface area contributed by atoms with E-state index in [0.29, 0.717) is 31.1 Å². The Bertz CT molecular complexity index is 1130. The Morgan fingerprint density at radius 3 is 2.79 bits per heavy atom. The molecule has 1 saturated carbocycles. The van der Waals surface area contributed by atoms with Crippen LogP contribution in [-0.4, -0.2) is 36.9 Å². The van der Waals surface area contributed by atoms with Gasteiger partial charge < -0.3 is 19.5 Å². The third-order valence-corrected chi connectivity index (χ3v) is 8.55. The van der Waals surface area contributed by atoms with Gasteiger partial charge in [0.15, 0.2) is 0 Å². The number of carbonyl (C=O) groups excluding carboxylic acids is 1. The largest absolute Gasteiger partial charge is 0.487 e. The first-order chi connectivity index (χ1) is 18.2. The number of anilines is 1. The summed E-state index contributed by atoms with van der Waals surface area (Å²) in [4.78, 5) is 15.2. The Morgan fingerprint density at radius 2 is 2.08 bits per heavy atom. The van der Waals surface area contributed by atoms with E-state index in [1.807, 2.05) is 44.2 Å². The molecule has 0 unspecified atom stereocenters. The monoisotopic (exact) mass is 539 g/mol. The number of ether oxygens (including phenoxy) is 2. The average Bonchev–Trinajstić information content (AvgIpc) is 2.92. The molecule has 0 spiro atoms. The van der Waals surface area contributed by atoms with Crippen molar-refractivity contribution < 1.29 is 19.4 Å². The summed E-state index contributed by atoms with van der Waals surface area (Å²) in [7, 11) is 0. The minimum atomic E-state index is -0.407. The van der Waals surface area contributed by atoms with Crippen molar-refractivity contribution in [2.45, 2.75) is 72.0 Å². The van der Waals surface area contributed by atoms with Gasteiger partial charge in [-0.15, -0.1) is 6.58 Å². The zero-order chi connectivity index (χ0) is 27.3. The number of aliphatic hydroxyl groups is 1. The van der Waals surface area contributed by atoms with Crippen molar-refractivity contribution in [1.29, 1.82) is 0 Å². The van der Waals surface area contributed by atoms with Crippen LogP contribution < -0.4 is 9.64 Å². The Morgan fingerprint density at radius 1 is 1.26 bits per heavy atom. The average molecular weight is 540 g/mol. The Kier molecular flexibility index (Phi) is 9.43. The van der Waals surface area contributed by atoms with Gasteiger partial charge in [0.2, 0.25) is 0 Å². The SMILES string of the molecule is C=CC[C@H](O)[C@]1(C)CC[C@H]1CN1CCCCc2cc(Cl)ccc2COc2ccc(C(=O)OCC(C)C)cc21. The zero-order valence-corrected chi connectivity index (χ0v) is 23.8. The third-order valence-electron chi connectivity index (χ3n) is 8.31. The van der Waals surface area contributed by atoms with E-state index in [2.05, 4.69) is 18.4 Å². The summed E-state index contributed by atoms with van der Waals surface area (Å²) in [6, 6.07) is 11.6. The van der Waals surface area contributed by atoms with Crippen molar-refractivity contribution in [3.8, 4) is 5.75 Å². The number of nitrogens with zero attached hydrogens (tertiary/aromatic N) is 1. The number of fused-ring (bicyclic) bond motifs is 2. The van der Waals surface area contributed by atoms with Crippen molar-refractivity contribution in [2.24, 2.45) is 17.3 Å². The van der Waals surface area contributed by atoms with E-state index in [4.69, 9.17) is 21.1 Å². The molecule has 3 atom stereocenters. The molecule has 1 N–H and O–H groups in total. The lowest BCUT2D eigenvalue weighted by Crippen LogP contribution is -2.51. The highest BCUT2D eigenvalue weighted by molar-refractivity contribution is 6.30. The molecule has 1 heterocycles. The minimum Gasteiger partial charge on any atom is -0.487 e. The molecule has 4 rings (SSSR count). The molecule has 0 aromatic heterocycles. The van der Waals surface area contributed by atoms with E-state index in [9.17, 15) is 9.90 Å². The highest BCUT2D eigenvalue weighted by Crippen LogP contribution is 2.51. The molecule has 2 aromatic rings. The van der Waals surface area contributed by atoms with E-state index in [-0.39, 0.29) is 17.3 Å². The van der Waals surface area contributed by atoms with Crippen LogP contribution >= 0.6 is 11.6 Å². The van der Waals surface area contributed by atoms with E-state index in [0.717, 1.165) is 67.2 Å². The topological polar surface area (TPSA) is 59.0 Å². The number of aliphatic hydroxyl groups excluding tert-OH is 1. The molecule has 5 nitrogen and oxygen atoms in total. The first kappa shape index (κ1) is 28.5. The molecule has 0 bridgehead atoms. The van der Waals surface area contributed by atoms with Crippen LogP contribution in [0.4, 0.5) is 5.69 Å². The molecule has 38 heavy (non-hydrogen) atoms. The third kappa shape index (κ3) is 6.55. The summed E-state index contributed by atoms with van der Waals surface area (Å²) in [6.45, 7) is 12.5. The van der Waals surface area contributed by atoms with E-state index in [1.165, 1.54) is 5.56 Å². The lowest BCUT2D eigenvalue weighted by molar-refractivity contribution is -0.0693. The van der Waals surface area contributed by atoms with Gasteiger partial charge in [0.1, 0.15) is 12.4 Å². The first-order valence-corrected chi connectivity index (χ1v) is 14.3. The fourth-order valence-corrected chi connectivity index (χ4v) is 5.82. The number of esters is 1. The number of halogens is 1. The van der Waals surface area contributed by atoms with Crippen LogP contribution in [-0.2, 0) is 17.8 Å². The highest BCUT2D eigenvalue weighted by atomic mass is 35.5. The van der Waals surface area contributed by atoms with Crippen LogP contribution in [0, 0.1) is 17.3 Å². The van der Waals surface area contributed by atoms with Gasteiger partial charge in [-0.3, -0.25) is 0 Å². The van der Waals surface area contributed by atoms with E-state index < -0.39 is 6.10 Å². The van der Waals surface area contributed by atoms with Crippen LogP contribution in [0.3, 0.4) is 0 Å². The van der Waals surface area contributed by atoms with Gasteiger partial charge in [0.05, 0.1) is 24.0 Å². The molecule has 2 aliphatic rings. The molecule has 0 saturated heterocycles. The summed E-state index contributed by atoms with van der Waals surface area (Å²) in [5, 5.41) is 11.6. The maximum absolute atomic E-state index is 12.9. The Hall–Kier alpha value is -2.50. The lowest BCUT2D eigenvalue weighted by Gasteiger charge is -2.52. The maximum Gasteiger partial charge on any atom is 0.338 e. The molecular formula is C32H42ClNO4. The van der Waals surface area contributed by atoms with Gasteiger partial charge in [0, 0.05) is 18.1 Å². The van der Waals surface area contributed by atoms with Gasteiger partial charge >= 0.3 is 5.97 Å². The molecule has 1 aliphatic heterocycles. The van der Waals surface area contributed by atoms with Crippen molar-refractivity contribution in [3.05, 3.63) is 70.8 Å². The Labute approximate surface area is 232 Å². The number of aryl methyl sites for hydroxylation is 1. The number of rotatable bonds is 8. The molecule has 0 amide bonds.